The normalized spacial score (nSPS) is 21.5. The molecule has 1 aliphatic rings. The predicted molar refractivity (Wildman–Crippen MR) is 58.3 cm³/mol. The number of nitrogens with zero attached hydrogens (tertiary/aromatic N) is 1. The van der Waals surface area contributed by atoms with Crippen LogP contribution in [0.15, 0.2) is 12.3 Å². The van der Waals surface area contributed by atoms with Gasteiger partial charge in [-0.1, -0.05) is 0 Å². The molecule has 0 spiro atoms. The van der Waals surface area contributed by atoms with E-state index in [2.05, 4.69) is 15.6 Å². The summed E-state index contributed by atoms with van der Waals surface area (Å²) in [4.78, 5) is 3.72. The molecule has 2 heterocycles. The van der Waals surface area contributed by atoms with Crippen LogP contribution in [0.1, 0.15) is 19.3 Å². The zero-order valence-electron chi connectivity index (χ0n) is 8.97. The molecule has 1 fully saturated rings. The highest BCUT2D eigenvalue weighted by atomic mass is 19.1. The number of rotatable bonds is 2. The first-order valence-corrected chi connectivity index (χ1v) is 5.54. The Morgan fingerprint density at radius 2 is 2.19 bits per heavy atom. The van der Waals surface area contributed by atoms with Gasteiger partial charge in [-0.25, -0.2) is 13.8 Å². The standard InChI is InChI=1S/C11H15F2N3/c12-8-6-10(13)11(15-7-8)16-9-2-1-4-14-5-3-9/h6-7,9,14H,1-5H2,(H,15,16). The third-order valence-electron chi connectivity index (χ3n) is 2.72. The van der Waals surface area contributed by atoms with Crippen molar-refractivity contribution in [3.05, 3.63) is 23.9 Å². The molecular formula is C11H15F2N3. The molecule has 1 aliphatic heterocycles. The first kappa shape index (κ1) is 11.3. The fourth-order valence-corrected chi connectivity index (χ4v) is 1.88. The van der Waals surface area contributed by atoms with Gasteiger partial charge in [-0.2, -0.15) is 0 Å². The van der Waals surface area contributed by atoms with Crippen LogP contribution in [-0.4, -0.2) is 24.1 Å². The lowest BCUT2D eigenvalue weighted by atomic mass is 10.1. The van der Waals surface area contributed by atoms with Gasteiger partial charge in [-0.15, -0.1) is 0 Å². The van der Waals surface area contributed by atoms with Gasteiger partial charge in [0.25, 0.3) is 0 Å². The number of halogens is 2. The summed E-state index contributed by atoms with van der Waals surface area (Å²) < 4.78 is 26.0. The zero-order valence-corrected chi connectivity index (χ0v) is 8.97. The largest absolute Gasteiger partial charge is 0.365 e. The highest BCUT2D eigenvalue weighted by Gasteiger charge is 2.14. The van der Waals surface area contributed by atoms with E-state index in [9.17, 15) is 8.78 Å². The van der Waals surface area contributed by atoms with Gasteiger partial charge >= 0.3 is 0 Å². The molecular weight excluding hydrogens is 212 g/mol. The van der Waals surface area contributed by atoms with Gasteiger partial charge in [0.05, 0.1) is 6.20 Å². The molecule has 5 heteroatoms. The molecule has 0 saturated carbocycles. The van der Waals surface area contributed by atoms with Crippen LogP contribution in [0.4, 0.5) is 14.6 Å². The van der Waals surface area contributed by atoms with Crippen LogP contribution < -0.4 is 10.6 Å². The van der Waals surface area contributed by atoms with Crippen LogP contribution in [0.2, 0.25) is 0 Å². The van der Waals surface area contributed by atoms with E-state index >= 15 is 0 Å². The summed E-state index contributed by atoms with van der Waals surface area (Å²) in [6, 6.07) is 1.06. The van der Waals surface area contributed by atoms with E-state index in [1.165, 1.54) is 0 Å². The first-order valence-electron chi connectivity index (χ1n) is 5.54. The molecule has 1 aromatic rings. The maximum absolute atomic E-state index is 13.3. The van der Waals surface area contributed by atoms with E-state index in [1.807, 2.05) is 0 Å². The molecule has 0 amide bonds. The fourth-order valence-electron chi connectivity index (χ4n) is 1.88. The van der Waals surface area contributed by atoms with Crippen molar-refractivity contribution >= 4 is 5.82 Å². The molecule has 16 heavy (non-hydrogen) atoms. The second kappa shape index (κ2) is 5.21. The Bertz CT molecular complexity index is 349. The molecule has 1 atom stereocenters. The Morgan fingerprint density at radius 3 is 3.00 bits per heavy atom. The minimum atomic E-state index is -0.648. The average Bonchev–Trinajstić information content (AvgIpc) is 2.51. The highest BCUT2D eigenvalue weighted by molar-refractivity contribution is 5.36. The van der Waals surface area contributed by atoms with Crippen molar-refractivity contribution < 1.29 is 8.78 Å². The summed E-state index contributed by atoms with van der Waals surface area (Å²) in [5.41, 5.74) is 0. The minimum absolute atomic E-state index is 0.147. The van der Waals surface area contributed by atoms with Crippen LogP contribution in [0.25, 0.3) is 0 Å². The van der Waals surface area contributed by atoms with Gasteiger partial charge < -0.3 is 10.6 Å². The molecule has 2 N–H and O–H groups in total. The van der Waals surface area contributed by atoms with Gasteiger partial charge in [0.1, 0.15) is 5.82 Å². The Labute approximate surface area is 93.3 Å². The number of pyridine rings is 1. The molecule has 1 aromatic heterocycles. The monoisotopic (exact) mass is 227 g/mol. The van der Waals surface area contributed by atoms with Crippen molar-refractivity contribution in [2.45, 2.75) is 25.3 Å². The minimum Gasteiger partial charge on any atom is -0.365 e. The van der Waals surface area contributed by atoms with Crippen LogP contribution in [-0.2, 0) is 0 Å². The lowest BCUT2D eigenvalue weighted by Gasteiger charge is -2.16. The Hall–Kier alpha value is -1.23. The number of hydrogen-bond donors (Lipinski definition) is 2. The lowest BCUT2D eigenvalue weighted by molar-refractivity contribution is 0.566. The van der Waals surface area contributed by atoms with Crippen molar-refractivity contribution in [2.75, 3.05) is 18.4 Å². The summed E-state index contributed by atoms with van der Waals surface area (Å²) in [7, 11) is 0. The smallest absolute Gasteiger partial charge is 0.168 e. The van der Waals surface area contributed by atoms with E-state index in [1.54, 1.807) is 0 Å². The topological polar surface area (TPSA) is 37.0 Å². The van der Waals surface area contributed by atoms with Crippen molar-refractivity contribution in [2.24, 2.45) is 0 Å². The third kappa shape index (κ3) is 2.88. The number of aromatic nitrogens is 1. The number of hydrogen-bond acceptors (Lipinski definition) is 3. The van der Waals surface area contributed by atoms with Crippen LogP contribution >= 0.6 is 0 Å². The summed E-state index contributed by atoms with van der Waals surface area (Å²) in [5.74, 6) is -1.13. The van der Waals surface area contributed by atoms with E-state index in [0.717, 1.165) is 44.6 Å². The maximum Gasteiger partial charge on any atom is 0.168 e. The zero-order chi connectivity index (χ0) is 11.4. The number of nitrogens with one attached hydrogen (secondary N) is 2. The second-order valence-electron chi connectivity index (χ2n) is 4.01. The van der Waals surface area contributed by atoms with Gasteiger partial charge in [0, 0.05) is 12.1 Å². The van der Waals surface area contributed by atoms with E-state index < -0.39 is 11.6 Å². The second-order valence-corrected chi connectivity index (χ2v) is 4.01. The molecule has 3 nitrogen and oxygen atoms in total. The molecule has 0 aromatic carbocycles. The quantitative estimate of drug-likeness (QED) is 0.810. The third-order valence-corrected chi connectivity index (χ3v) is 2.72. The Kier molecular flexibility index (Phi) is 3.66. The van der Waals surface area contributed by atoms with Crippen LogP contribution in [0.3, 0.4) is 0 Å². The molecule has 1 unspecified atom stereocenters. The Balaban J connectivity index is 2.01. The van der Waals surface area contributed by atoms with Gasteiger partial charge in [0.15, 0.2) is 11.6 Å². The summed E-state index contributed by atoms with van der Waals surface area (Å²) in [5, 5.41) is 6.30. The maximum atomic E-state index is 13.3. The molecule has 0 bridgehead atoms. The number of anilines is 1. The van der Waals surface area contributed by atoms with E-state index in [-0.39, 0.29) is 11.9 Å². The SMILES string of the molecule is Fc1cnc(NC2CCCNCC2)c(F)c1. The fraction of sp³-hybridized carbons (Fsp3) is 0.545. The van der Waals surface area contributed by atoms with Crippen molar-refractivity contribution in [3.63, 3.8) is 0 Å². The van der Waals surface area contributed by atoms with Crippen LogP contribution in [0.5, 0.6) is 0 Å². The first-order chi connectivity index (χ1) is 7.75. The van der Waals surface area contributed by atoms with Gasteiger partial charge in [-0.3, -0.25) is 0 Å². The van der Waals surface area contributed by atoms with Crippen molar-refractivity contribution in [1.82, 2.24) is 10.3 Å². The molecule has 0 aliphatic carbocycles. The van der Waals surface area contributed by atoms with E-state index in [4.69, 9.17) is 0 Å². The van der Waals surface area contributed by atoms with E-state index in [0.29, 0.717) is 0 Å². The molecule has 0 radical (unpaired) electrons. The average molecular weight is 227 g/mol. The molecule has 88 valence electrons. The lowest BCUT2D eigenvalue weighted by Crippen LogP contribution is -2.22. The summed E-state index contributed by atoms with van der Waals surface area (Å²) in [6.45, 7) is 1.91. The summed E-state index contributed by atoms with van der Waals surface area (Å²) >= 11 is 0. The highest BCUT2D eigenvalue weighted by Crippen LogP contribution is 2.16. The molecule has 1 saturated heterocycles. The summed E-state index contributed by atoms with van der Waals surface area (Å²) in [6.07, 6.45) is 3.99. The molecule has 2 rings (SSSR count). The van der Waals surface area contributed by atoms with Crippen molar-refractivity contribution in [1.29, 1.82) is 0 Å². The van der Waals surface area contributed by atoms with Gasteiger partial charge in [0.2, 0.25) is 0 Å². The van der Waals surface area contributed by atoms with Gasteiger partial charge in [-0.05, 0) is 32.4 Å². The van der Waals surface area contributed by atoms with Crippen LogP contribution in [0, 0.1) is 11.6 Å². The van der Waals surface area contributed by atoms with Crippen molar-refractivity contribution in [3.8, 4) is 0 Å². The Morgan fingerprint density at radius 1 is 1.31 bits per heavy atom. The predicted octanol–water partition coefficient (Wildman–Crippen LogP) is 1.91.